The largest absolute Gasteiger partial charge is 0.311 e. The van der Waals surface area contributed by atoms with E-state index in [1.807, 2.05) is 20.8 Å². The zero-order valence-electron chi connectivity index (χ0n) is 8.77. The summed E-state index contributed by atoms with van der Waals surface area (Å²) >= 11 is 0. The Labute approximate surface area is 79.7 Å². The summed E-state index contributed by atoms with van der Waals surface area (Å²) in [7, 11) is 0. The highest BCUT2D eigenvalue weighted by atomic mass is 16.1. The number of hydrogen-bond acceptors (Lipinski definition) is 2. The van der Waals surface area contributed by atoms with Crippen molar-refractivity contribution in [1.82, 2.24) is 5.32 Å². The van der Waals surface area contributed by atoms with Crippen LogP contribution in [0.2, 0.25) is 0 Å². The molecule has 1 atom stereocenters. The number of rotatable bonds is 3. The van der Waals surface area contributed by atoms with E-state index < -0.39 is 0 Å². The van der Waals surface area contributed by atoms with Gasteiger partial charge in [-0.2, -0.15) is 0 Å². The molecule has 0 aliphatic heterocycles. The molecule has 0 radical (unpaired) electrons. The standard InChI is InChI=1S/C10H18N2O/c1-5-7(3)9(11)12-10(13)8(4)6-2/h5,8H,6H2,1-4H3,(H2,11,12,13)/b7-5-. The fourth-order valence-electron chi connectivity index (χ4n) is 0.675. The Morgan fingerprint density at radius 2 is 2.15 bits per heavy atom. The van der Waals surface area contributed by atoms with E-state index in [0.717, 1.165) is 12.0 Å². The first-order valence-electron chi connectivity index (χ1n) is 4.55. The van der Waals surface area contributed by atoms with Gasteiger partial charge in [0.25, 0.3) is 0 Å². The van der Waals surface area contributed by atoms with Crippen LogP contribution in [-0.2, 0) is 4.79 Å². The third-order valence-corrected chi connectivity index (χ3v) is 2.14. The van der Waals surface area contributed by atoms with Crippen LogP contribution in [-0.4, -0.2) is 11.7 Å². The maximum Gasteiger partial charge on any atom is 0.228 e. The van der Waals surface area contributed by atoms with Crippen LogP contribution in [0.3, 0.4) is 0 Å². The fraction of sp³-hybridized carbons (Fsp3) is 0.600. The van der Waals surface area contributed by atoms with Crippen molar-refractivity contribution in [2.75, 3.05) is 0 Å². The molecule has 0 bridgehead atoms. The fourth-order valence-corrected chi connectivity index (χ4v) is 0.675. The first kappa shape index (κ1) is 11.9. The molecular weight excluding hydrogens is 164 g/mol. The van der Waals surface area contributed by atoms with Gasteiger partial charge < -0.3 is 5.32 Å². The molecule has 74 valence electrons. The zero-order valence-corrected chi connectivity index (χ0v) is 8.77. The van der Waals surface area contributed by atoms with Crippen molar-refractivity contribution in [2.45, 2.75) is 34.1 Å². The van der Waals surface area contributed by atoms with E-state index in [9.17, 15) is 4.79 Å². The molecule has 0 saturated heterocycles. The number of hydrogen-bond donors (Lipinski definition) is 2. The Morgan fingerprint density at radius 3 is 2.54 bits per heavy atom. The Kier molecular flexibility index (Phi) is 5.04. The Bertz CT molecular complexity index is 231. The van der Waals surface area contributed by atoms with Gasteiger partial charge in [0, 0.05) is 5.92 Å². The second kappa shape index (κ2) is 5.51. The molecule has 13 heavy (non-hydrogen) atoms. The van der Waals surface area contributed by atoms with Gasteiger partial charge in [-0.15, -0.1) is 0 Å². The van der Waals surface area contributed by atoms with Crippen molar-refractivity contribution in [3.05, 3.63) is 11.6 Å². The number of amidine groups is 1. The van der Waals surface area contributed by atoms with E-state index in [0.29, 0.717) is 0 Å². The van der Waals surface area contributed by atoms with Crippen molar-refractivity contribution in [3.8, 4) is 0 Å². The molecule has 1 amide bonds. The summed E-state index contributed by atoms with van der Waals surface area (Å²) in [5.41, 5.74) is 0.789. The van der Waals surface area contributed by atoms with E-state index in [4.69, 9.17) is 5.41 Å². The highest BCUT2D eigenvalue weighted by Crippen LogP contribution is 2.01. The van der Waals surface area contributed by atoms with Gasteiger partial charge in [0.15, 0.2) is 0 Å². The maximum atomic E-state index is 11.3. The highest BCUT2D eigenvalue weighted by molar-refractivity contribution is 6.05. The minimum atomic E-state index is -0.0753. The van der Waals surface area contributed by atoms with Crippen LogP contribution < -0.4 is 5.32 Å². The van der Waals surface area contributed by atoms with Crippen LogP contribution in [0, 0.1) is 11.3 Å². The summed E-state index contributed by atoms with van der Waals surface area (Å²) in [6, 6.07) is 0. The first-order chi connectivity index (χ1) is 6.02. The average Bonchev–Trinajstić information content (AvgIpc) is 2.14. The summed E-state index contributed by atoms with van der Waals surface area (Å²) in [6.45, 7) is 7.46. The van der Waals surface area contributed by atoms with Crippen LogP contribution in [0.1, 0.15) is 34.1 Å². The summed E-state index contributed by atoms with van der Waals surface area (Å²) in [5.74, 6) is 0.103. The van der Waals surface area contributed by atoms with Crippen molar-refractivity contribution in [2.24, 2.45) is 5.92 Å². The molecule has 0 aromatic rings. The second-order valence-electron chi connectivity index (χ2n) is 3.15. The highest BCUT2D eigenvalue weighted by Gasteiger charge is 2.11. The van der Waals surface area contributed by atoms with Gasteiger partial charge in [-0.25, -0.2) is 0 Å². The first-order valence-corrected chi connectivity index (χ1v) is 4.55. The lowest BCUT2D eigenvalue weighted by Crippen LogP contribution is -2.34. The molecule has 0 rings (SSSR count). The number of carbonyl (C=O) groups excluding carboxylic acids is 1. The van der Waals surface area contributed by atoms with E-state index in [-0.39, 0.29) is 17.7 Å². The van der Waals surface area contributed by atoms with Gasteiger partial charge in [0.05, 0.1) is 0 Å². The van der Waals surface area contributed by atoms with E-state index in [1.165, 1.54) is 0 Å². The second-order valence-corrected chi connectivity index (χ2v) is 3.15. The Hall–Kier alpha value is -1.12. The molecular formula is C10H18N2O. The molecule has 0 spiro atoms. The van der Waals surface area contributed by atoms with Crippen LogP contribution >= 0.6 is 0 Å². The van der Waals surface area contributed by atoms with Gasteiger partial charge >= 0.3 is 0 Å². The van der Waals surface area contributed by atoms with Gasteiger partial charge in [-0.3, -0.25) is 10.2 Å². The summed E-state index contributed by atoms with van der Waals surface area (Å²) in [6.07, 6.45) is 2.60. The minimum absolute atomic E-state index is 0.0231. The van der Waals surface area contributed by atoms with Gasteiger partial charge in [0.2, 0.25) is 5.91 Å². The lowest BCUT2D eigenvalue weighted by Gasteiger charge is -2.10. The molecule has 0 aliphatic carbocycles. The van der Waals surface area contributed by atoms with Crippen LogP contribution in [0.25, 0.3) is 0 Å². The van der Waals surface area contributed by atoms with Crippen molar-refractivity contribution in [1.29, 1.82) is 5.41 Å². The molecule has 0 heterocycles. The predicted molar refractivity (Wildman–Crippen MR) is 54.8 cm³/mol. The molecule has 3 nitrogen and oxygen atoms in total. The van der Waals surface area contributed by atoms with Crippen LogP contribution in [0.5, 0.6) is 0 Å². The molecule has 0 saturated carbocycles. The smallest absolute Gasteiger partial charge is 0.228 e. The third kappa shape index (κ3) is 3.87. The van der Waals surface area contributed by atoms with Gasteiger partial charge in [0.1, 0.15) is 5.84 Å². The molecule has 0 fully saturated rings. The number of amides is 1. The van der Waals surface area contributed by atoms with Gasteiger partial charge in [-0.05, 0) is 25.8 Å². The van der Waals surface area contributed by atoms with Crippen LogP contribution in [0.15, 0.2) is 11.6 Å². The van der Waals surface area contributed by atoms with Crippen molar-refractivity contribution in [3.63, 3.8) is 0 Å². The molecule has 2 N–H and O–H groups in total. The lowest BCUT2D eigenvalue weighted by atomic mass is 10.1. The lowest BCUT2D eigenvalue weighted by molar-refractivity contribution is -0.123. The monoisotopic (exact) mass is 182 g/mol. The van der Waals surface area contributed by atoms with E-state index >= 15 is 0 Å². The number of allylic oxidation sites excluding steroid dienone is 1. The Balaban J connectivity index is 4.15. The number of nitrogens with one attached hydrogen (secondary N) is 2. The summed E-state index contributed by atoms with van der Waals surface area (Å²) in [4.78, 5) is 11.3. The summed E-state index contributed by atoms with van der Waals surface area (Å²) < 4.78 is 0. The molecule has 3 heteroatoms. The van der Waals surface area contributed by atoms with Gasteiger partial charge in [-0.1, -0.05) is 19.9 Å². The SMILES string of the molecule is C/C=C(/C)C(=N)NC(=O)C(C)CC. The molecule has 0 aromatic carbocycles. The average molecular weight is 182 g/mol. The zero-order chi connectivity index (χ0) is 10.4. The van der Waals surface area contributed by atoms with Crippen molar-refractivity contribution < 1.29 is 4.79 Å². The number of carbonyl (C=O) groups is 1. The molecule has 0 aromatic heterocycles. The van der Waals surface area contributed by atoms with E-state index in [2.05, 4.69) is 5.32 Å². The summed E-state index contributed by atoms with van der Waals surface area (Å²) in [5, 5.41) is 10.1. The van der Waals surface area contributed by atoms with E-state index in [1.54, 1.807) is 13.0 Å². The predicted octanol–water partition coefficient (Wildman–Crippen LogP) is 2.09. The normalized spacial score (nSPS) is 13.7. The van der Waals surface area contributed by atoms with Crippen LogP contribution in [0.4, 0.5) is 0 Å². The molecule has 0 aliphatic rings. The van der Waals surface area contributed by atoms with Crippen molar-refractivity contribution >= 4 is 11.7 Å². The minimum Gasteiger partial charge on any atom is -0.311 e. The molecule has 1 unspecified atom stereocenters. The topological polar surface area (TPSA) is 53.0 Å². The third-order valence-electron chi connectivity index (χ3n) is 2.14. The maximum absolute atomic E-state index is 11.3. The quantitative estimate of drug-likeness (QED) is 0.509. The Morgan fingerprint density at radius 1 is 1.62 bits per heavy atom.